The number of aliphatic carboxylic acids is 1. The molecule has 1 aliphatic rings. The summed E-state index contributed by atoms with van der Waals surface area (Å²) < 4.78 is 0. The van der Waals surface area contributed by atoms with Gasteiger partial charge in [0.25, 0.3) is 0 Å². The second kappa shape index (κ2) is 7.81. The van der Waals surface area contributed by atoms with Crippen molar-refractivity contribution in [1.82, 2.24) is 10.2 Å². The number of carbonyl (C=O) groups excluding carboxylic acids is 2. The summed E-state index contributed by atoms with van der Waals surface area (Å²) in [5, 5.41) is 14.4. The molecule has 7 nitrogen and oxygen atoms in total. The van der Waals surface area contributed by atoms with Gasteiger partial charge in [0.2, 0.25) is 5.91 Å². The molecular formula is C17H23N3O4. The van der Waals surface area contributed by atoms with E-state index in [0.717, 1.165) is 5.56 Å². The van der Waals surface area contributed by atoms with Gasteiger partial charge in [-0.1, -0.05) is 12.1 Å². The van der Waals surface area contributed by atoms with Gasteiger partial charge in [-0.15, -0.1) is 0 Å². The largest absolute Gasteiger partial charge is 0.481 e. The molecule has 2 rings (SSSR count). The minimum atomic E-state index is -0.884. The van der Waals surface area contributed by atoms with E-state index in [1.807, 2.05) is 25.1 Å². The summed E-state index contributed by atoms with van der Waals surface area (Å²) in [5.74, 6) is -1.71. The zero-order valence-electron chi connectivity index (χ0n) is 13.9. The summed E-state index contributed by atoms with van der Waals surface area (Å²) in [4.78, 5) is 36.9. The van der Waals surface area contributed by atoms with Crippen molar-refractivity contribution in [2.75, 3.05) is 18.4 Å². The van der Waals surface area contributed by atoms with Crippen LogP contribution < -0.4 is 10.6 Å². The molecule has 0 aliphatic carbocycles. The highest BCUT2D eigenvalue weighted by atomic mass is 16.4. The second-order valence-electron chi connectivity index (χ2n) is 6.09. The highest BCUT2D eigenvalue weighted by Gasteiger charge is 2.35. The minimum absolute atomic E-state index is 0.158. The molecule has 0 unspecified atom stereocenters. The van der Waals surface area contributed by atoms with Crippen LogP contribution in [0.3, 0.4) is 0 Å². The summed E-state index contributed by atoms with van der Waals surface area (Å²) in [6.45, 7) is 4.02. The van der Waals surface area contributed by atoms with Crippen molar-refractivity contribution in [2.45, 2.75) is 32.7 Å². The molecule has 3 N–H and O–H groups in total. The van der Waals surface area contributed by atoms with Crippen molar-refractivity contribution < 1.29 is 19.5 Å². The van der Waals surface area contributed by atoms with Crippen LogP contribution in [0.1, 0.15) is 25.3 Å². The highest BCUT2D eigenvalue weighted by Crippen LogP contribution is 2.23. The number of anilines is 1. The van der Waals surface area contributed by atoms with E-state index in [9.17, 15) is 19.5 Å². The average Bonchev–Trinajstić information content (AvgIpc) is 2.52. The van der Waals surface area contributed by atoms with Crippen molar-refractivity contribution in [1.29, 1.82) is 0 Å². The molecule has 2 atom stereocenters. The third-order valence-corrected chi connectivity index (χ3v) is 4.30. The van der Waals surface area contributed by atoms with Crippen LogP contribution in [0.5, 0.6) is 0 Å². The second-order valence-corrected chi connectivity index (χ2v) is 6.09. The van der Waals surface area contributed by atoms with E-state index in [1.165, 1.54) is 4.90 Å². The highest BCUT2D eigenvalue weighted by molar-refractivity contribution is 5.92. The monoisotopic (exact) mass is 333 g/mol. The fraction of sp³-hybridized carbons (Fsp3) is 0.471. The first kappa shape index (κ1) is 17.8. The third kappa shape index (κ3) is 4.47. The molecule has 1 aliphatic heterocycles. The third-order valence-electron chi connectivity index (χ3n) is 4.30. The number of amides is 3. The number of likely N-dealkylation sites (tertiary alicyclic amines) is 1. The van der Waals surface area contributed by atoms with E-state index >= 15 is 0 Å². The lowest BCUT2D eigenvalue weighted by Crippen LogP contribution is -2.52. The van der Waals surface area contributed by atoms with E-state index in [0.29, 0.717) is 25.1 Å². The summed E-state index contributed by atoms with van der Waals surface area (Å²) >= 11 is 0. The van der Waals surface area contributed by atoms with Gasteiger partial charge in [-0.2, -0.15) is 0 Å². The Bertz CT molecular complexity index is 632. The molecule has 1 heterocycles. The predicted molar refractivity (Wildman–Crippen MR) is 89.7 cm³/mol. The zero-order chi connectivity index (χ0) is 17.7. The average molecular weight is 333 g/mol. The van der Waals surface area contributed by atoms with E-state index in [2.05, 4.69) is 10.6 Å². The van der Waals surface area contributed by atoms with Gasteiger partial charge >= 0.3 is 12.0 Å². The fourth-order valence-corrected chi connectivity index (χ4v) is 2.98. The Hall–Kier alpha value is -2.57. The van der Waals surface area contributed by atoms with Gasteiger partial charge in [0.05, 0.1) is 12.5 Å². The van der Waals surface area contributed by atoms with Crippen LogP contribution in [0.2, 0.25) is 0 Å². The fourth-order valence-electron chi connectivity index (χ4n) is 2.98. The van der Waals surface area contributed by atoms with E-state index < -0.39 is 17.9 Å². The van der Waals surface area contributed by atoms with Gasteiger partial charge in [0.1, 0.15) is 0 Å². The number of carboxylic acids is 1. The Morgan fingerprint density at radius 1 is 1.33 bits per heavy atom. The number of carbonyl (C=O) groups is 3. The molecule has 0 bridgehead atoms. The van der Waals surface area contributed by atoms with Crippen molar-refractivity contribution in [2.24, 2.45) is 5.92 Å². The standard InChI is InChI=1S/C17H23N3O4/c1-11-5-3-6-13(9-11)19-17(24)18-10-15(21)20-8-4-7-14(12(20)2)16(22)23/h3,5-6,9,12,14H,4,7-8,10H2,1-2H3,(H,22,23)(H2,18,19,24)/t12-,14-/m1/s1. The summed E-state index contributed by atoms with van der Waals surface area (Å²) in [6.07, 6.45) is 1.23. The normalized spacial score (nSPS) is 20.3. The zero-order valence-corrected chi connectivity index (χ0v) is 13.9. The Morgan fingerprint density at radius 2 is 2.08 bits per heavy atom. The quantitative estimate of drug-likeness (QED) is 0.783. The number of carboxylic acid groups (broad SMARTS) is 1. The summed E-state index contributed by atoms with van der Waals surface area (Å²) in [7, 11) is 0. The number of hydrogen-bond donors (Lipinski definition) is 3. The topological polar surface area (TPSA) is 98.7 Å². The molecule has 1 aromatic carbocycles. The first-order valence-electron chi connectivity index (χ1n) is 8.02. The van der Waals surface area contributed by atoms with E-state index in [-0.39, 0.29) is 18.5 Å². The number of piperidine rings is 1. The predicted octanol–water partition coefficient (Wildman–Crippen LogP) is 1.83. The Morgan fingerprint density at radius 3 is 2.75 bits per heavy atom. The van der Waals surface area contributed by atoms with Crippen LogP contribution in [-0.4, -0.2) is 47.0 Å². The smallest absolute Gasteiger partial charge is 0.319 e. The number of benzene rings is 1. The Balaban J connectivity index is 1.86. The molecule has 24 heavy (non-hydrogen) atoms. The number of aryl methyl sites for hydroxylation is 1. The van der Waals surface area contributed by atoms with Crippen LogP contribution in [0.15, 0.2) is 24.3 Å². The maximum absolute atomic E-state index is 12.3. The lowest BCUT2D eigenvalue weighted by molar-refractivity contribution is -0.148. The Kier molecular flexibility index (Phi) is 5.78. The van der Waals surface area contributed by atoms with Crippen LogP contribution in [0.4, 0.5) is 10.5 Å². The number of urea groups is 1. The maximum Gasteiger partial charge on any atom is 0.319 e. The van der Waals surface area contributed by atoms with Crippen molar-refractivity contribution in [3.63, 3.8) is 0 Å². The molecule has 3 amide bonds. The van der Waals surface area contributed by atoms with Crippen LogP contribution in [-0.2, 0) is 9.59 Å². The first-order valence-corrected chi connectivity index (χ1v) is 8.02. The molecule has 0 spiro atoms. The first-order chi connectivity index (χ1) is 11.4. The van der Waals surface area contributed by atoms with Crippen molar-refractivity contribution in [3.8, 4) is 0 Å². The van der Waals surface area contributed by atoms with E-state index in [1.54, 1.807) is 13.0 Å². The molecule has 0 saturated carbocycles. The molecule has 0 aromatic heterocycles. The summed E-state index contributed by atoms with van der Waals surface area (Å²) in [6, 6.07) is 6.50. The van der Waals surface area contributed by atoms with Gasteiger partial charge in [-0.05, 0) is 44.4 Å². The maximum atomic E-state index is 12.3. The van der Waals surface area contributed by atoms with Crippen LogP contribution in [0, 0.1) is 12.8 Å². The lowest BCUT2D eigenvalue weighted by Gasteiger charge is -2.37. The lowest BCUT2D eigenvalue weighted by atomic mass is 9.90. The van der Waals surface area contributed by atoms with Gasteiger partial charge in [-0.25, -0.2) is 4.79 Å². The molecule has 0 radical (unpaired) electrons. The number of hydrogen-bond acceptors (Lipinski definition) is 3. The molecule has 1 aromatic rings. The van der Waals surface area contributed by atoms with Crippen molar-refractivity contribution in [3.05, 3.63) is 29.8 Å². The Labute approximate surface area is 141 Å². The van der Waals surface area contributed by atoms with E-state index in [4.69, 9.17) is 0 Å². The van der Waals surface area contributed by atoms with Crippen LogP contribution >= 0.6 is 0 Å². The number of rotatable bonds is 4. The van der Waals surface area contributed by atoms with Gasteiger partial charge in [-0.3, -0.25) is 9.59 Å². The molecule has 7 heteroatoms. The van der Waals surface area contributed by atoms with Crippen molar-refractivity contribution >= 4 is 23.6 Å². The number of nitrogens with one attached hydrogen (secondary N) is 2. The SMILES string of the molecule is Cc1cccc(NC(=O)NCC(=O)N2CCC[C@@H](C(=O)O)[C@H]2C)c1. The van der Waals surface area contributed by atoms with Gasteiger partial charge in [0.15, 0.2) is 0 Å². The molecule has 130 valence electrons. The minimum Gasteiger partial charge on any atom is -0.481 e. The van der Waals surface area contributed by atoms with Gasteiger partial charge < -0.3 is 20.6 Å². The number of nitrogens with zero attached hydrogens (tertiary/aromatic N) is 1. The molecular weight excluding hydrogens is 310 g/mol. The van der Waals surface area contributed by atoms with Gasteiger partial charge in [0, 0.05) is 18.3 Å². The molecule has 1 fully saturated rings. The molecule has 1 saturated heterocycles. The van der Waals surface area contributed by atoms with Crippen LogP contribution in [0.25, 0.3) is 0 Å². The summed E-state index contributed by atoms with van der Waals surface area (Å²) in [5.41, 5.74) is 1.67.